The summed E-state index contributed by atoms with van der Waals surface area (Å²) in [6.45, 7) is 1.79. The molecule has 0 unspecified atom stereocenters. The largest absolute Gasteiger partial charge is 0.494 e. The number of aryl methyl sites for hydroxylation is 1. The van der Waals surface area contributed by atoms with E-state index in [9.17, 15) is 16.8 Å². The summed E-state index contributed by atoms with van der Waals surface area (Å²) in [7, 11) is -7.71. The van der Waals surface area contributed by atoms with Gasteiger partial charge in [-0.3, -0.25) is 4.98 Å². The molecule has 9 heteroatoms. The van der Waals surface area contributed by atoms with Gasteiger partial charge < -0.3 is 4.74 Å². The highest BCUT2D eigenvalue weighted by Crippen LogP contribution is 2.39. The van der Waals surface area contributed by atoms with Gasteiger partial charge in [0.15, 0.2) is 0 Å². The smallest absolute Gasteiger partial charge is 0.277 e. The number of pyridine rings is 1. The molecule has 0 saturated heterocycles. The minimum Gasteiger partial charge on any atom is -0.494 e. The van der Waals surface area contributed by atoms with Crippen LogP contribution in [0.4, 0.5) is 5.69 Å². The van der Waals surface area contributed by atoms with Crippen molar-refractivity contribution in [3.05, 3.63) is 90.6 Å². The monoisotopic (exact) mass is 468 g/mol. The van der Waals surface area contributed by atoms with Gasteiger partial charge >= 0.3 is 0 Å². The van der Waals surface area contributed by atoms with Crippen LogP contribution < -0.4 is 8.45 Å². The van der Waals surface area contributed by atoms with E-state index in [0.29, 0.717) is 20.3 Å². The highest BCUT2D eigenvalue weighted by atomic mass is 32.3. The number of methoxy groups -OCH3 is 1. The van der Waals surface area contributed by atoms with Gasteiger partial charge in [0.2, 0.25) is 0 Å². The number of sulfonamides is 2. The number of fused-ring (bicyclic) bond motifs is 1. The predicted molar refractivity (Wildman–Crippen MR) is 123 cm³/mol. The molecule has 0 aliphatic rings. The second-order valence-corrected chi connectivity index (χ2v) is 10.8. The summed E-state index contributed by atoms with van der Waals surface area (Å²) in [5.74, 6) is 0.0853. The van der Waals surface area contributed by atoms with Gasteiger partial charge in [-0.05, 0) is 49.4 Å². The van der Waals surface area contributed by atoms with Crippen molar-refractivity contribution in [3.8, 4) is 5.75 Å². The van der Waals surface area contributed by atoms with Crippen LogP contribution in [0.15, 0.2) is 94.7 Å². The summed E-state index contributed by atoms with van der Waals surface area (Å²) in [6.07, 6.45) is 0. The zero-order valence-electron chi connectivity index (χ0n) is 17.3. The fourth-order valence-electron chi connectivity index (χ4n) is 3.31. The standard InChI is InChI=1S/C23H20N2O5S2/c1-17-13-14-18-15-23(30-2)22(16-21(18)24-17)25(31(26,27)19-9-5-3-6-10-19)32(28,29)20-11-7-4-8-12-20/h3-16H,1-2H3. The summed E-state index contributed by atoms with van der Waals surface area (Å²) >= 11 is 0. The molecule has 32 heavy (non-hydrogen) atoms. The molecule has 0 spiro atoms. The Morgan fingerprint density at radius 2 is 1.28 bits per heavy atom. The number of anilines is 1. The Bertz CT molecular complexity index is 1420. The molecular formula is C23H20N2O5S2. The van der Waals surface area contributed by atoms with Gasteiger partial charge in [0.25, 0.3) is 20.0 Å². The molecule has 0 saturated carbocycles. The van der Waals surface area contributed by atoms with Gasteiger partial charge in [-0.25, -0.2) is 16.8 Å². The van der Waals surface area contributed by atoms with E-state index in [0.717, 1.165) is 0 Å². The van der Waals surface area contributed by atoms with Gasteiger partial charge in [0, 0.05) is 11.1 Å². The molecule has 0 atom stereocenters. The molecule has 1 heterocycles. The van der Waals surface area contributed by atoms with Crippen LogP contribution >= 0.6 is 0 Å². The van der Waals surface area contributed by atoms with Crippen molar-refractivity contribution in [2.45, 2.75) is 16.7 Å². The highest BCUT2D eigenvalue weighted by Gasteiger charge is 2.39. The van der Waals surface area contributed by atoms with Gasteiger partial charge in [-0.15, -0.1) is 0 Å². The molecule has 0 N–H and O–H groups in total. The third-order valence-corrected chi connectivity index (χ3v) is 9.02. The van der Waals surface area contributed by atoms with Crippen LogP contribution in [-0.2, 0) is 20.0 Å². The van der Waals surface area contributed by atoms with E-state index in [1.54, 1.807) is 31.2 Å². The van der Waals surface area contributed by atoms with E-state index in [2.05, 4.69) is 4.98 Å². The second kappa shape index (κ2) is 8.25. The van der Waals surface area contributed by atoms with Crippen LogP contribution in [0.3, 0.4) is 0 Å². The maximum Gasteiger partial charge on any atom is 0.277 e. The van der Waals surface area contributed by atoms with E-state index in [1.807, 2.05) is 6.07 Å². The SMILES string of the molecule is COc1cc2ccc(C)nc2cc1N(S(=O)(=O)c1ccccc1)S(=O)(=O)c1ccccc1. The van der Waals surface area contributed by atoms with Crippen molar-refractivity contribution >= 4 is 36.6 Å². The van der Waals surface area contributed by atoms with Crippen LogP contribution in [-0.4, -0.2) is 28.9 Å². The highest BCUT2D eigenvalue weighted by molar-refractivity contribution is 8.10. The number of hydrogen-bond acceptors (Lipinski definition) is 6. The maximum absolute atomic E-state index is 13.7. The first-order valence-corrected chi connectivity index (χ1v) is 12.5. The molecule has 0 aliphatic heterocycles. The van der Waals surface area contributed by atoms with E-state index in [4.69, 9.17) is 4.74 Å². The number of hydrogen-bond donors (Lipinski definition) is 0. The lowest BCUT2D eigenvalue weighted by atomic mass is 10.1. The fraction of sp³-hybridized carbons (Fsp3) is 0.0870. The Balaban J connectivity index is 2.07. The average Bonchev–Trinajstić information content (AvgIpc) is 2.79. The molecule has 0 aliphatic carbocycles. The Labute approximate surface area is 187 Å². The van der Waals surface area contributed by atoms with Gasteiger partial charge in [-0.2, -0.15) is 3.71 Å². The zero-order chi connectivity index (χ0) is 22.9. The number of rotatable bonds is 6. The third kappa shape index (κ3) is 3.80. The summed E-state index contributed by atoms with van der Waals surface area (Å²) in [6, 6.07) is 21.4. The molecule has 164 valence electrons. The Morgan fingerprint density at radius 1 is 0.750 bits per heavy atom. The summed E-state index contributed by atoms with van der Waals surface area (Å²) in [4.78, 5) is 4.10. The lowest BCUT2D eigenvalue weighted by Crippen LogP contribution is -2.37. The molecular weight excluding hydrogens is 448 g/mol. The quantitative estimate of drug-likeness (QED) is 0.422. The zero-order valence-corrected chi connectivity index (χ0v) is 19.0. The molecule has 0 amide bonds. The van der Waals surface area contributed by atoms with E-state index >= 15 is 0 Å². The molecule has 1 aromatic heterocycles. The molecule has 0 bridgehead atoms. The lowest BCUT2D eigenvalue weighted by molar-refractivity contribution is 0.416. The lowest BCUT2D eigenvalue weighted by Gasteiger charge is -2.26. The fourth-order valence-corrected chi connectivity index (χ4v) is 7.05. The van der Waals surface area contributed by atoms with Crippen molar-refractivity contribution < 1.29 is 21.6 Å². The summed E-state index contributed by atoms with van der Waals surface area (Å²) in [5, 5.41) is 0.686. The number of nitrogens with zero attached hydrogens (tertiary/aromatic N) is 2. The predicted octanol–water partition coefficient (Wildman–Crippen LogP) is 4.14. The third-order valence-electron chi connectivity index (χ3n) is 4.84. The molecule has 0 radical (unpaired) electrons. The van der Waals surface area contributed by atoms with E-state index in [-0.39, 0.29) is 21.2 Å². The van der Waals surface area contributed by atoms with Crippen molar-refractivity contribution in [2.75, 3.05) is 10.8 Å². The molecule has 7 nitrogen and oxygen atoms in total. The average molecular weight is 469 g/mol. The molecule has 4 rings (SSSR count). The first-order valence-electron chi connectivity index (χ1n) is 9.61. The van der Waals surface area contributed by atoms with E-state index in [1.165, 1.54) is 61.7 Å². The summed E-state index contributed by atoms with van der Waals surface area (Å²) < 4.78 is 60.6. The normalized spacial score (nSPS) is 11.9. The second-order valence-electron chi connectivity index (χ2n) is 7.00. The van der Waals surface area contributed by atoms with Crippen molar-refractivity contribution in [1.82, 2.24) is 4.98 Å². The number of benzene rings is 3. The Morgan fingerprint density at radius 3 is 1.78 bits per heavy atom. The Kier molecular flexibility index (Phi) is 5.62. The first-order chi connectivity index (χ1) is 15.2. The minimum atomic E-state index is -4.53. The van der Waals surface area contributed by atoms with Gasteiger partial charge in [-0.1, -0.05) is 42.5 Å². The maximum atomic E-state index is 13.7. The van der Waals surface area contributed by atoms with Gasteiger partial charge in [0.05, 0.1) is 22.4 Å². The van der Waals surface area contributed by atoms with Crippen LogP contribution in [0.25, 0.3) is 10.9 Å². The molecule has 3 aromatic carbocycles. The first kappa shape index (κ1) is 21.8. The Hall–Kier alpha value is -3.43. The van der Waals surface area contributed by atoms with Crippen LogP contribution in [0.1, 0.15) is 5.69 Å². The van der Waals surface area contributed by atoms with Gasteiger partial charge in [0.1, 0.15) is 11.4 Å². The van der Waals surface area contributed by atoms with Crippen molar-refractivity contribution in [1.29, 1.82) is 0 Å². The van der Waals surface area contributed by atoms with Crippen LogP contribution in [0.5, 0.6) is 5.75 Å². The van der Waals surface area contributed by atoms with Crippen molar-refractivity contribution in [2.24, 2.45) is 0 Å². The molecule has 4 aromatic rings. The van der Waals surface area contributed by atoms with Crippen LogP contribution in [0.2, 0.25) is 0 Å². The minimum absolute atomic E-state index is 0.0853. The van der Waals surface area contributed by atoms with Crippen molar-refractivity contribution in [3.63, 3.8) is 0 Å². The van der Waals surface area contributed by atoms with Crippen LogP contribution in [0, 0.1) is 6.92 Å². The summed E-state index contributed by atoms with van der Waals surface area (Å²) in [5.41, 5.74) is 1.00. The number of ether oxygens (including phenoxy) is 1. The van der Waals surface area contributed by atoms with E-state index < -0.39 is 20.0 Å². The molecule has 0 fully saturated rings. The topological polar surface area (TPSA) is 93.6 Å². The number of aromatic nitrogens is 1.